The van der Waals surface area contributed by atoms with Crippen molar-refractivity contribution in [1.82, 2.24) is 137 Å². The summed E-state index contributed by atoms with van der Waals surface area (Å²) >= 11 is 0. The predicted octanol–water partition coefficient (Wildman–Crippen LogP) is -2.94. The number of carbonyl (C=O) groups is 14. The first-order chi connectivity index (χ1) is 50.4. The van der Waals surface area contributed by atoms with E-state index >= 15 is 67.1 Å². The van der Waals surface area contributed by atoms with Crippen LogP contribution < -0.4 is 5.32 Å². The lowest BCUT2D eigenvalue weighted by molar-refractivity contribution is -0.707. The third-order valence-corrected chi connectivity index (χ3v) is 25.8. The van der Waals surface area contributed by atoms with E-state index in [2.05, 4.69) is 85.0 Å². The van der Waals surface area contributed by atoms with Crippen LogP contribution in [0.4, 0.5) is 67.1 Å². The van der Waals surface area contributed by atoms with Crippen LogP contribution in [0, 0.1) is 0 Å². The lowest BCUT2D eigenvalue weighted by Gasteiger charge is -2.42. The van der Waals surface area contributed by atoms with Gasteiger partial charge in [0, 0.05) is 11.1 Å². The number of carbonyl (C=O) groups excluding carboxylic acids is 14. The van der Waals surface area contributed by atoms with Gasteiger partial charge in [0.05, 0.1) is 0 Å². The largest absolute Gasteiger partial charge is 0.337 e. The fourth-order valence-electron chi connectivity index (χ4n) is 21.4. The highest BCUT2D eigenvalue weighted by Gasteiger charge is 2.77. The van der Waals surface area contributed by atoms with Crippen LogP contribution in [0.1, 0.15) is 24.1 Å². The van der Waals surface area contributed by atoms with Crippen molar-refractivity contribution in [2.24, 2.45) is 0 Å². The SMILES string of the molecule is C[C@H]([NH2+]Cc1ccccc1)c1cccc2ccccc12.O=C1N2CN3C(=O)N4CN5C(=O)N6CN7C(=O)N8CN9C(=O)N%10CN%11C(=O)N%12CN%13C(=O)N%14CN1C1C2N2CN%15C(=O)N(CN%16C(=O)N(CN%17C(=O)N(CN%18C(=O)N(CN%19C(=O)N(CN%20C(=O)N(CN1C2=O)C%14C%13%20)C%12C%11%19)C%10C9%18)C8C7%17)C6C5%16)C4C3%15. The Kier molecular flexibility index (Phi) is 10.2. The summed E-state index contributed by atoms with van der Waals surface area (Å²) in [6, 6.07) is 16.4. The Morgan fingerprint density at radius 1 is 0.240 bits per heavy atom. The standard InChI is InChI=1S/C42H42N28O14.C19H19N/c71-29-43-1-44-16-18-48(30(44)72)4-52-20-22-56(34(52)76)8-60-24-26-64(38(60)80)12-68-28-27-67(41(68)83)11-63-25-23-59(37(63)79)7-55-21-19-51(33(55)75)3-47(29)17-15(43)45-2-46(16)32(74)50(18)6-54(20)36(78)58(22)10-62(24)40(82)66(26)14-70(28)42(84)69(27)13-65(25)39(81)61(23)9-57(21)35(77)53(19)5-49(17)31(45)73;1-15(20-14-16-8-3-2-4-9-16)18-13-7-11-17-10-5-6-12-19(17)18/h15-28H,1-14H2;2-13,15,20H,14H2,1H3/p+1/t;15-/m.0/s1. The third kappa shape index (κ3) is 6.33. The predicted molar refractivity (Wildman–Crippen MR) is 333 cm³/mol. The van der Waals surface area contributed by atoms with Crippen LogP contribution in [0.3, 0.4) is 0 Å². The number of nitrogens with two attached hydrogens (primary N) is 1. The van der Waals surface area contributed by atoms with Gasteiger partial charge in [-0.3, -0.25) is 137 Å². The maximum Gasteiger partial charge on any atom is 0.326 e. The molecule has 0 bridgehead atoms. The van der Waals surface area contributed by atoms with Gasteiger partial charge in [-0.1, -0.05) is 72.8 Å². The molecule has 43 nitrogen and oxygen atoms in total. The van der Waals surface area contributed by atoms with E-state index < -0.39 is 264 Å². The van der Waals surface area contributed by atoms with Gasteiger partial charge in [-0.25, -0.2) is 67.1 Å². The zero-order valence-electron chi connectivity index (χ0n) is 55.0. The normalized spacial score (nSPS) is 35.0. The minimum atomic E-state index is -1.23. The Hall–Kier alpha value is -12.3. The molecule has 1 atom stereocenters. The van der Waals surface area contributed by atoms with Gasteiger partial charge in [-0.2, -0.15) is 0 Å². The highest BCUT2D eigenvalue weighted by molar-refractivity contribution is 5.96. The van der Waals surface area contributed by atoms with Gasteiger partial charge in [-0.05, 0) is 17.7 Å². The number of urea groups is 14. The average Bonchev–Trinajstić information content (AvgIpc) is 1.52. The summed E-state index contributed by atoms with van der Waals surface area (Å²) < 4.78 is 0. The Morgan fingerprint density at radius 3 is 0.615 bits per heavy atom. The molecule has 21 saturated heterocycles. The molecule has 21 aliphatic heterocycles. The molecule has 534 valence electrons. The van der Waals surface area contributed by atoms with Crippen molar-refractivity contribution in [2.45, 2.75) is 106 Å². The summed E-state index contributed by atoms with van der Waals surface area (Å²) in [5.41, 5.74) is 2.79. The summed E-state index contributed by atoms with van der Waals surface area (Å²) in [4.78, 5) is 251. The van der Waals surface area contributed by atoms with Gasteiger partial charge in [0.15, 0.2) is 86.3 Å². The Balaban J connectivity index is 0.000000280. The van der Waals surface area contributed by atoms with E-state index in [1.807, 2.05) is 0 Å². The fourth-order valence-corrected chi connectivity index (χ4v) is 21.4. The first-order valence-corrected chi connectivity index (χ1v) is 34.7. The molecule has 104 heavy (non-hydrogen) atoms. The number of rotatable bonds is 4. The van der Waals surface area contributed by atoms with Gasteiger partial charge in [0.25, 0.3) is 0 Å². The first kappa shape index (κ1) is 57.3. The zero-order valence-corrected chi connectivity index (χ0v) is 55.0. The molecule has 3 aromatic carbocycles. The summed E-state index contributed by atoms with van der Waals surface area (Å²) in [5, 5.41) is 5.09. The van der Waals surface area contributed by atoms with E-state index in [-0.39, 0.29) is 0 Å². The van der Waals surface area contributed by atoms with Crippen LogP contribution in [0.15, 0.2) is 72.8 Å². The lowest BCUT2D eigenvalue weighted by atomic mass is 9.99. The van der Waals surface area contributed by atoms with Gasteiger partial charge >= 0.3 is 84.4 Å². The maximum absolute atomic E-state index is 15.3. The van der Waals surface area contributed by atoms with E-state index in [9.17, 15) is 0 Å². The lowest BCUT2D eigenvalue weighted by Crippen LogP contribution is -2.83. The van der Waals surface area contributed by atoms with Crippen molar-refractivity contribution in [3.63, 3.8) is 0 Å². The molecule has 0 radical (unpaired) electrons. The number of hydrogen-bond donors (Lipinski definition) is 1. The van der Waals surface area contributed by atoms with Gasteiger partial charge in [-0.15, -0.1) is 0 Å². The van der Waals surface area contributed by atoms with E-state index in [1.54, 1.807) is 0 Å². The zero-order chi connectivity index (χ0) is 70.0. The molecule has 21 fully saturated rings. The van der Waals surface area contributed by atoms with Crippen LogP contribution in [-0.2, 0) is 6.54 Å². The highest BCUT2D eigenvalue weighted by Crippen LogP contribution is 2.53. The van der Waals surface area contributed by atoms with Crippen LogP contribution in [0.25, 0.3) is 10.8 Å². The van der Waals surface area contributed by atoms with Crippen molar-refractivity contribution in [2.75, 3.05) is 93.4 Å². The fraction of sp³-hybridized carbons (Fsp3) is 0.508. The molecular formula is C61H62N29O14+. The molecule has 24 rings (SSSR count). The summed E-state index contributed by atoms with van der Waals surface area (Å²) in [5.74, 6) is 0. The molecule has 0 aliphatic carbocycles. The Morgan fingerprint density at radius 2 is 0.413 bits per heavy atom. The van der Waals surface area contributed by atoms with Crippen molar-refractivity contribution >= 4 is 95.2 Å². The number of amides is 28. The molecule has 21 heterocycles. The molecular weight excluding hydrogens is 1360 g/mol. The number of benzene rings is 3. The second-order valence-corrected chi connectivity index (χ2v) is 30.2. The highest BCUT2D eigenvalue weighted by atomic mass is 16.3. The van der Waals surface area contributed by atoms with Crippen LogP contribution in [0.5, 0.6) is 0 Å². The molecule has 0 unspecified atom stereocenters. The molecule has 0 saturated carbocycles. The average molecular weight is 1430 g/mol. The molecule has 21 aliphatic rings. The number of fused-ring (bicyclic) bond motifs is 1. The van der Waals surface area contributed by atoms with Crippen LogP contribution in [0.2, 0.25) is 0 Å². The molecule has 2 N–H and O–H groups in total. The van der Waals surface area contributed by atoms with Crippen molar-refractivity contribution in [3.8, 4) is 0 Å². The minimum absolute atomic E-state index is 0.460. The molecule has 3 aromatic rings. The monoisotopic (exact) mass is 1420 g/mol. The summed E-state index contributed by atoms with van der Waals surface area (Å²) in [6.07, 6.45) is -17.2. The van der Waals surface area contributed by atoms with Crippen molar-refractivity contribution < 1.29 is 72.4 Å². The van der Waals surface area contributed by atoms with E-state index in [1.165, 1.54) is 159 Å². The minimum Gasteiger partial charge on any atom is -0.337 e. The van der Waals surface area contributed by atoms with Crippen molar-refractivity contribution in [1.29, 1.82) is 0 Å². The number of nitrogens with zero attached hydrogens (tertiary/aromatic N) is 28. The van der Waals surface area contributed by atoms with Gasteiger partial charge in [0.2, 0.25) is 0 Å². The van der Waals surface area contributed by atoms with E-state index in [4.69, 9.17) is 0 Å². The van der Waals surface area contributed by atoms with E-state index in [0.717, 1.165) is 6.54 Å². The molecule has 0 aromatic heterocycles. The number of quaternary nitrogens is 1. The quantitative estimate of drug-likeness (QED) is 0.273. The third-order valence-electron chi connectivity index (χ3n) is 25.8. The van der Waals surface area contributed by atoms with Crippen molar-refractivity contribution in [3.05, 3.63) is 83.9 Å². The molecule has 0 spiro atoms. The maximum atomic E-state index is 15.3. The summed E-state index contributed by atoms with van der Waals surface area (Å²) in [6.45, 7) is -3.80. The van der Waals surface area contributed by atoms with Gasteiger partial charge < -0.3 is 5.32 Å². The van der Waals surface area contributed by atoms with Crippen LogP contribution >= 0.6 is 0 Å². The van der Waals surface area contributed by atoms with Crippen LogP contribution in [-0.4, -0.2) is 401 Å². The smallest absolute Gasteiger partial charge is 0.326 e. The Labute approximate surface area is 586 Å². The number of hydrogen-bond acceptors (Lipinski definition) is 14. The topological polar surface area (TPSA) is 346 Å². The second kappa shape index (κ2) is 18.5. The van der Waals surface area contributed by atoms with Gasteiger partial charge in [0.1, 0.15) is 106 Å². The van der Waals surface area contributed by atoms with E-state index in [0.29, 0.717) is 6.04 Å². The summed E-state index contributed by atoms with van der Waals surface area (Å²) in [7, 11) is 0. The molecule has 43 heteroatoms. The molecule has 28 amide bonds. The second-order valence-electron chi connectivity index (χ2n) is 30.2. The first-order valence-electron chi connectivity index (χ1n) is 34.7. The Bertz CT molecular complexity index is 3670.